The van der Waals surface area contributed by atoms with Gasteiger partial charge in [0, 0.05) is 58.5 Å². The minimum atomic E-state index is -0.750. The molecule has 4 amide bonds. The molecule has 0 radical (unpaired) electrons. The highest BCUT2D eigenvalue weighted by atomic mass is 16.5. The Kier molecular flexibility index (Phi) is 31.7. The highest BCUT2D eigenvalue weighted by Crippen LogP contribution is 2.41. The molecule has 0 saturated heterocycles. The summed E-state index contributed by atoms with van der Waals surface area (Å²) in [7, 11) is 1.57. The fourth-order valence-corrected chi connectivity index (χ4v) is 8.73. The standard InChI is InChI=1S/C60H94N4O8/c1-46(27-29-52-50(5)24-16-32-59(52,7)8)20-14-22-48(3)44-56(66)62-34-13-12-26-54(58(68)63-36-19-38-71-41-43-72-42-40-70-37-18-35-61-55(65)31-39-69-11)64-57(67)45-49(4)23-15-21-47(2)28-30-53-51(6)25-17-33-60(53,9)10/h14-15,20-23,27-30,44-45,54H,12-13,16-19,24-26,31-43H2,1-11H3,(H,61,65)(H,62,66)(H,63,68)(H,64,67)/b22-14+,23-15+,29-27+,30-28+,46-20+,47-21+,48-44+,49-45+/t54-/m0/s1. The smallest absolute Gasteiger partial charge is 0.244 e. The third kappa shape index (κ3) is 28.4. The van der Waals surface area contributed by atoms with Crippen LogP contribution in [0.2, 0.25) is 0 Å². The van der Waals surface area contributed by atoms with Crippen molar-refractivity contribution in [2.45, 2.75) is 152 Å². The molecule has 402 valence electrons. The molecule has 0 bridgehead atoms. The third-order valence-corrected chi connectivity index (χ3v) is 12.9. The zero-order valence-electron chi connectivity index (χ0n) is 46.3. The minimum absolute atomic E-state index is 0.0313. The number of carbonyl (C=O) groups is 4. The summed E-state index contributed by atoms with van der Waals surface area (Å²) in [5.41, 5.74) is 10.0. The zero-order valence-corrected chi connectivity index (χ0v) is 46.3. The van der Waals surface area contributed by atoms with Gasteiger partial charge in [0.15, 0.2) is 0 Å². The summed E-state index contributed by atoms with van der Waals surface area (Å²) in [4.78, 5) is 51.0. The number of allylic oxidation sites excluding steroid dienone is 18. The van der Waals surface area contributed by atoms with Crippen molar-refractivity contribution in [3.05, 3.63) is 117 Å². The highest BCUT2D eigenvalue weighted by molar-refractivity contribution is 5.93. The van der Waals surface area contributed by atoms with E-state index < -0.39 is 6.04 Å². The average Bonchev–Trinajstić information content (AvgIpc) is 3.30. The summed E-state index contributed by atoms with van der Waals surface area (Å²) in [6, 6.07) is -0.750. The van der Waals surface area contributed by atoms with Crippen LogP contribution in [-0.2, 0) is 38.1 Å². The summed E-state index contributed by atoms with van der Waals surface area (Å²) in [6.45, 7) is 26.2. The molecule has 1 atom stereocenters. The van der Waals surface area contributed by atoms with Crippen LogP contribution in [0.1, 0.15) is 146 Å². The molecule has 4 N–H and O–H groups in total. The zero-order chi connectivity index (χ0) is 53.2. The molecule has 0 heterocycles. The van der Waals surface area contributed by atoms with Gasteiger partial charge in [-0.15, -0.1) is 0 Å². The first-order valence-corrected chi connectivity index (χ1v) is 26.5. The molecule has 12 nitrogen and oxygen atoms in total. The Morgan fingerprint density at radius 3 is 1.54 bits per heavy atom. The number of hydrogen-bond donors (Lipinski definition) is 4. The van der Waals surface area contributed by atoms with Gasteiger partial charge in [-0.1, -0.05) is 111 Å². The quantitative estimate of drug-likeness (QED) is 0.0282. The number of rotatable bonds is 34. The van der Waals surface area contributed by atoms with Crippen LogP contribution in [0.5, 0.6) is 0 Å². The summed E-state index contributed by atoms with van der Waals surface area (Å²) in [5.74, 6) is -0.821. The highest BCUT2D eigenvalue weighted by Gasteiger charge is 2.27. The van der Waals surface area contributed by atoms with Crippen LogP contribution in [0.3, 0.4) is 0 Å². The summed E-state index contributed by atoms with van der Waals surface area (Å²) < 4.78 is 21.7. The topological polar surface area (TPSA) is 153 Å². The van der Waals surface area contributed by atoms with Gasteiger partial charge < -0.3 is 40.2 Å². The number of nitrogens with one attached hydrogen (secondary N) is 4. The van der Waals surface area contributed by atoms with E-state index in [1.54, 1.807) is 13.2 Å². The fourth-order valence-electron chi connectivity index (χ4n) is 8.73. The van der Waals surface area contributed by atoms with Gasteiger partial charge >= 0.3 is 0 Å². The van der Waals surface area contributed by atoms with Gasteiger partial charge in [-0.2, -0.15) is 0 Å². The maximum atomic E-state index is 13.4. The lowest BCUT2D eigenvalue weighted by Gasteiger charge is -2.33. The molecule has 0 aliphatic heterocycles. The van der Waals surface area contributed by atoms with Crippen LogP contribution < -0.4 is 21.3 Å². The lowest BCUT2D eigenvalue weighted by atomic mass is 9.72. The second-order valence-corrected chi connectivity index (χ2v) is 20.6. The predicted octanol–water partition coefficient (Wildman–Crippen LogP) is 10.9. The molecule has 12 heteroatoms. The van der Waals surface area contributed by atoms with Crippen molar-refractivity contribution in [2.24, 2.45) is 10.8 Å². The van der Waals surface area contributed by atoms with Gasteiger partial charge in [-0.25, -0.2) is 0 Å². The number of ether oxygens (including phenoxy) is 4. The molecule has 72 heavy (non-hydrogen) atoms. The van der Waals surface area contributed by atoms with Crippen LogP contribution in [0, 0.1) is 10.8 Å². The first-order valence-electron chi connectivity index (χ1n) is 26.5. The Labute approximate surface area is 435 Å². The molecule has 0 aromatic carbocycles. The summed E-state index contributed by atoms with van der Waals surface area (Å²) in [5, 5.41) is 11.7. The molecular formula is C60H94N4O8. The predicted molar refractivity (Wildman–Crippen MR) is 295 cm³/mol. The van der Waals surface area contributed by atoms with Crippen LogP contribution in [0.15, 0.2) is 117 Å². The van der Waals surface area contributed by atoms with E-state index in [1.165, 1.54) is 54.1 Å². The van der Waals surface area contributed by atoms with E-state index in [-0.39, 0.29) is 34.5 Å². The van der Waals surface area contributed by atoms with E-state index in [0.717, 1.165) is 41.6 Å². The third-order valence-electron chi connectivity index (χ3n) is 12.9. The molecule has 0 fully saturated rings. The monoisotopic (exact) mass is 999 g/mol. The Morgan fingerprint density at radius 2 is 1.04 bits per heavy atom. The van der Waals surface area contributed by atoms with E-state index in [2.05, 4.69) is 107 Å². The number of methoxy groups -OCH3 is 1. The molecule has 2 rings (SSSR count). The molecule has 0 aromatic rings. The van der Waals surface area contributed by atoms with Gasteiger partial charge in [0.1, 0.15) is 6.04 Å². The fraction of sp³-hybridized carbons (Fsp3) is 0.600. The first kappa shape index (κ1) is 63.2. The lowest BCUT2D eigenvalue weighted by Crippen LogP contribution is -2.46. The van der Waals surface area contributed by atoms with Crippen molar-refractivity contribution >= 4 is 23.6 Å². The largest absolute Gasteiger partial charge is 0.384 e. The van der Waals surface area contributed by atoms with Crippen LogP contribution in [0.25, 0.3) is 0 Å². The normalized spacial score (nSPS) is 17.4. The maximum absolute atomic E-state index is 13.4. The molecule has 2 aliphatic rings. The Morgan fingerprint density at radius 1 is 0.569 bits per heavy atom. The van der Waals surface area contributed by atoms with Gasteiger partial charge in [0.25, 0.3) is 0 Å². The van der Waals surface area contributed by atoms with E-state index in [1.807, 2.05) is 44.2 Å². The lowest BCUT2D eigenvalue weighted by molar-refractivity contribution is -0.127. The van der Waals surface area contributed by atoms with Crippen molar-refractivity contribution in [1.82, 2.24) is 21.3 Å². The second-order valence-electron chi connectivity index (χ2n) is 20.6. The Hall–Kier alpha value is -4.88. The molecule has 0 unspecified atom stereocenters. The van der Waals surface area contributed by atoms with Crippen molar-refractivity contribution < 1.29 is 38.1 Å². The van der Waals surface area contributed by atoms with Crippen LogP contribution in [-0.4, -0.2) is 103 Å². The Bertz CT molecular complexity index is 2030. The SMILES string of the molecule is COCCC(=O)NCCCOCCOCCOCCCNC(=O)[C@H](CCCCNC(=O)/C=C(C)/C=C/C=C(C)/C=C/C1=C(C)CCCC1(C)C)NC(=O)/C=C(C)/C=C/C=C(C)/C=C/C1=C(C)CCCC1(C)C. The molecule has 2 aliphatic carbocycles. The van der Waals surface area contributed by atoms with Crippen molar-refractivity contribution in [3.63, 3.8) is 0 Å². The van der Waals surface area contributed by atoms with E-state index in [0.29, 0.717) is 98.0 Å². The Balaban J connectivity index is 1.87. The number of unbranched alkanes of at least 4 members (excludes halogenated alkanes) is 1. The minimum Gasteiger partial charge on any atom is -0.384 e. The van der Waals surface area contributed by atoms with Gasteiger partial charge in [0.05, 0.1) is 33.0 Å². The summed E-state index contributed by atoms with van der Waals surface area (Å²) in [6.07, 6.45) is 34.3. The number of amides is 4. The number of hydrogen-bond acceptors (Lipinski definition) is 8. The first-order chi connectivity index (χ1) is 34.3. The average molecular weight is 999 g/mol. The summed E-state index contributed by atoms with van der Waals surface area (Å²) >= 11 is 0. The van der Waals surface area contributed by atoms with Crippen molar-refractivity contribution in [2.75, 3.05) is 73.0 Å². The van der Waals surface area contributed by atoms with Crippen molar-refractivity contribution in [1.29, 1.82) is 0 Å². The van der Waals surface area contributed by atoms with Gasteiger partial charge in [-0.05, 0) is 145 Å². The maximum Gasteiger partial charge on any atom is 0.244 e. The molecule has 0 aromatic heterocycles. The van der Waals surface area contributed by atoms with E-state index in [9.17, 15) is 19.2 Å². The van der Waals surface area contributed by atoms with Gasteiger partial charge in [0.2, 0.25) is 23.6 Å². The van der Waals surface area contributed by atoms with Gasteiger partial charge in [-0.3, -0.25) is 19.2 Å². The van der Waals surface area contributed by atoms with Crippen LogP contribution >= 0.6 is 0 Å². The number of carbonyl (C=O) groups excluding carboxylic acids is 4. The molecule has 0 saturated carbocycles. The van der Waals surface area contributed by atoms with Crippen molar-refractivity contribution in [3.8, 4) is 0 Å². The van der Waals surface area contributed by atoms with E-state index in [4.69, 9.17) is 18.9 Å². The van der Waals surface area contributed by atoms with Crippen LogP contribution in [0.4, 0.5) is 0 Å². The molecule has 0 spiro atoms. The van der Waals surface area contributed by atoms with E-state index >= 15 is 0 Å². The molecular weight excluding hydrogens is 905 g/mol. The second kappa shape index (κ2) is 36.1.